The van der Waals surface area contributed by atoms with Crippen molar-refractivity contribution >= 4 is 15.7 Å². The van der Waals surface area contributed by atoms with Crippen molar-refractivity contribution < 1.29 is 12.8 Å². The number of sulfonamides is 1. The molecule has 0 atom stereocenters. The predicted octanol–water partition coefficient (Wildman–Crippen LogP) is 1.44. The van der Waals surface area contributed by atoms with Crippen LogP contribution in [0.25, 0.3) is 0 Å². The zero-order chi connectivity index (χ0) is 15.5. The van der Waals surface area contributed by atoms with Gasteiger partial charge in [0.15, 0.2) is 0 Å². The third-order valence-corrected chi connectivity index (χ3v) is 4.15. The van der Waals surface area contributed by atoms with E-state index in [-0.39, 0.29) is 22.7 Å². The molecule has 0 saturated heterocycles. The highest BCUT2D eigenvalue weighted by Gasteiger charge is 2.18. The number of rotatable bonds is 5. The number of benzene rings is 1. The molecule has 1 heterocycles. The van der Waals surface area contributed by atoms with Gasteiger partial charge < -0.3 is 5.32 Å². The lowest BCUT2D eigenvalue weighted by Gasteiger charge is -2.11. The largest absolute Gasteiger partial charge is 0.316 e. The molecule has 2 N–H and O–H groups in total. The number of aryl methyl sites for hydroxylation is 1. The zero-order valence-electron chi connectivity index (χ0n) is 11.6. The molecule has 0 aliphatic carbocycles. The monoisotopic (exact) mass is 310 g/mol. The maximum absolute atomic E-state index is 13.9. The van der Waals surface area contributed by atoms with E-state index in [9.17, 15) is 12.8 Å². The molecule has 1 aromatic heterocycles. The van der Waals surface area contributed by atoms with E-state index >= 15 is 0 Å². The summed E-state index contributed by atoms with van der Waals surface area (Å²) in [6.45, 7) is 1.77. The molecule has 2 rings (SSSR count). The van der Waals surface area contributed by atoms with Crippen LogP contribution >= 0.6 is 0 Å². The molecular formula is C13H15FN4O2S. The van der Waals surface area contributed by atoms with Gasteiger partial charge in [0.05, 0.1) is 23.0 Å². The average molecular weight is 310 g/mol. The normalized spacial score (nSPS) is 11.4. The number of hydrogen-bond acceptors (Lipinski definition) is 5. The van der Waals surface area contributed by atoms with Crippen molar-refractivity contribution in [2.75, 3.05) is 11.8 Å². The quantitative estimate of drug-likeness (QED) is 0.873. The van der Waals surface area contributed by atoms with Crippen molar-refractivity contribution in [3.05, 3.63) is 47.8 Å². The molecule has 0 saturated carbocycles. The molecule has 0 unspecified atom stereocenters. The molecule has 6 nitrogen and oxygen atoms in total. The standard InChI is InChI=1S/C13H15FN4O2S/c1-9-3-12(4-10(5-15-2)13(9)14)21(19,20)18-11-6-16-8-17-7-11/h3-4,6-8,15,18H,5H2,1-2H3. The van der Waals surface area contributed by atoms with E-state index in [0.29, 0.717) is 5.56 Å². The summed E-state index contributed by atoms with van der Waals surface area (Å²) in [6.07, 6.45) is 3.98. The van der Waals surface area contributed by atoms with Gasteiger partial charge in [-0.15, -0.1) is 0 Å². The molecule has 112 valence electrons. The Hall–Kier alpha value is -2.06. The van der Waals surface area contributed by atoms with E-state index in [2.05, 4.69) is 20.0 Å². The highest BCUT2D eigenvalue weighted by molar-refractivity contribution is 7.92. The Morgan fingerprint density at radius 2 is 1.90 bits per heavy atom. The SMILES string of the molecule is CNCc1cc(S(=O)(=O)Nc2cncnc2)cc(C)c1F. The van der Waals surface area contributed by atoms with Gasteiger partial charge in [-0.2, -0.15) is 0 Å². The minimum absolute atomic E-state index is 0.00416. The van der Waals surface area contributed by atoms with Crippen LogP contribution < -0.4 is 10.0 Å². The summed E-state index contributed by atoms with van der Waals surface area (Å²) < 4.78 is 40.9. The van der Waals surface area contributed by atoms with Gasteiger partial charge in [0, 0.05) is 12.1 Å². The first-order chi connectivity index (χ1) is 9.94. The van der Waals surface area contributed by atoms with Gasteiger partial charge in [0.1, 0.15) is 12.1 Å². The van der Waals surface area contributed by atoms with E-state index in [1.54, 1.807) is 7.05 Å². The number of aromatic nitrogens is 2. The van der Waals surface area contributed by atoms with Crippen LogP contribution in [0.5, 0.6) is 0 Å². The molecule has 8 heteroatoms. The molecule has 0 aliphatic rings. The Balaban J connectivity index is 2.40. The van der Waals surface area contributed by atoms with E-state index in [1.807, 2.05) is 0 Å². The fourth-order valence-electron chi connectivity index (χ4n) is 1.85. The summed E-state index contributed by atoms with van der Waals surface area (Å²) in [5.41, 5.74) is 0.810. The third-order valence-electron chi connectivity index (χ3n) is 2.79. The van der Waals surface area contributed by atoms with Gasteiger partial charge >= 0.3 is 0 Å². The average Bonchev–Trinajstić information content (AvgIpc) is 2.44. The van der Waals surface area contributed by atoms with Crippen LogP contribution in [0.1, 0.15) is 11.1 Å². The number of halogens is 1. The zero-order valence-corrected chi connectivity index (χ0v) is 12.4. The van der Waals surface area contributed by atoms with Gasteiger partial charge in [-0.05, 0) is 31.7 Å². The second-order valence-electron chi connectivity index (χ2n) is 4.48. The van der Waals surface area contributed by atoms with Crippen LogP contribution in [0.15, 0.2) is 35.7 Å². The van der Waals surface area contributed by atoms with Gasteiger partial charge in [-0.3, -0.25) is 4.72 Å². The van der Waals surface area contributed by atoms with Gasteiger partial charge in [-0.25, -0.2) is 22.8 Å². The predicted molar refractivity (Wildman–Crippen MR) is 76.7 cm³/mol. The van der Waals surface area contributed by atoms with Gasteiger partial charge in [-0.1, -0.05) is 0 Å². The fourth-order valence-corrected chi connectivity index (χ4v) is 3.01. The molecular weight excluding hydrogens is 295 g/mol. The number of anilines is 1. The summed E-state index contributed by atoms with van der Waals surface area (Å²) in [4.78, 5) is 7.46. The van der Waals surface area contributed by atoms with E-state index in [1.165, 1.54) is 37.8 Å². The molecule has 0 radical (unpaired) electrons. The number of nitrogens with one attached hydrogen (secondary N) is 2. The molecule has 0 fully saturated rings. The Morgan fingerprint density at radius 1 is 1.24 bits per heavy atom. The van der Waals surface area contributed by atoms with Crippen LogP contribution in [-0.2, 0) is 16.6 Å². The van der Waals surface area contributed by atoms with Crippen molar-refractivity contribution in [3.8, 4) is 0 Å². The summed E-state index contributed by atoms with van der Waals surface area (Å²) >= 11 is 0. The van der Waals surface area contributed by atoms with Crippen molar-refractivity contribution in [3.63, 3.8) is 0 Å². The van der Waals surface area contributed by atoms with Crippen molar-refractivity contribution in [1.29, 1.82) is 0 Å². The minimum Gasteiger partial charge on any atom is -0.316 e. The second kappa shape index (κ2) is 6.15. The van der Waals surface area contributed by atoms with E-state index < -0.39 is 15.8 Å². The molecule has 21 heavy (non-hydrogen) atoms. The lowest BCUT2D eigenvalue weighted by molar-refractivity contribution is 0.585. The lowest BCUT2D eigenvalue weighted by Crippen LogP contribution is -2.15. The molecule has 0 bridgehead atoms. The van der Waals surface area contributed by atoms with Gasteiger partial charge in [0.25, 0.3) is 10.0 Å². The fraction of sp³-hybridized carbons (Fsp3) is 0.231. The molecule has 2 aromatic rings. The smallest absolute Gasteiger partial charge is 0.262 e. The Kier molecular flexibility index (Phi) is 4.49. The lowest BCUT2D eigenvalue weighted by atomic mass is 10.1. The number of hydrogen-bond donors (Lipinski definition) is 2. The van der Waals surface area contributed by atoms with Gasteiger partial charge in [0.2, 0.25) is 0 Å². The molecule has 0 aliphatic heterocycles. The molecule has 0 amide bonds. The second-order valence-corrected chi connectivity index (χ2v) is 6.16. The van der Waals surface area contributed by atoms with Crippen LogP contribution in [0, 0.1) is 12.7 Å². The summed E-state index contributed by atoms with van der Waals surface area (Å²) in [6, 6.07) is 2.60. The first-order valence-electron chi connectivity index (χ1n) is 6.15. The summed E-state index contributed by atoms with van der Waals surface area (Å²) in [5, 5.41) is 2.81. The summed E-state index contributed by atoms with van der Waals surface area (Å²) in [7, 11) is -2.16. The van der Waals surface area contributed by atoms with Crippen molar-refractivity contribution in [2.45, 2.75) is 18.4 Å². The Bertz CT molecular complexity index is 735. The maximum atomic E-state index is 13.9. The van der Waals surface area contributed by atoms with Crippen LogP contribution in [-0.4, -0.2) is 25.4 Å². The highest BCUT2D eigenvalue weighted by atomic mass is 32.2. The highest BCUT2D eigenvalue weighted by Crippen LogP contribution is 2.21. The van der Waals surface area contributed by atoms with Crippen molar-refractivity contribution in [2.24, 2.45) is 0 Å². The molecule has 1 aromatic carbocycles. The Morgan fingerprint density at radius 3 is 2.52 bits per heavy atom. The Labute approximate surface area is 122 Å². The van der Waals surface area contributed by atoms with Crippen LogP contribution in [0.4, 0.5) is 10.1 Å². The van der Waals surface area contributed by atoms with E-state index in [0.717, 1.165) is 0 Å². The van der Waals surface area contributed by atoms with E-state index in [4.69, 9.17) is 0 Å². The topological polar surface area (TPSA) is 84.0 Å². The van der Waals surface area contributed by atoms with Crippen LogP contribution in [0.2, 0.25) is 0 Å². The molecule has 0 spiro atoms. The first kappa shape index (κ1) is 15.3. The third kappa shape index (κ3) is 3.53. The summed E-state index contributed by atoms with van der Waals surface area (Å²) in [5.74, 6) is -0.411. The first-order valence-corrected chi connectivity index (χ1v) is 7.64. The van der Waals surface area contributed by atoms with Crippen LogP contribution in [0.3, 0.4) is 0 Å². The minimum atomic E-state index is -3.82. The number of nitrogens with zero attached hydrogens (tertiary/aromatic N) is 2. The maximum Gasteiger partial charge on any atom is 0.262 e. The van der Waals surface area contributed by atoms with Crippen molar-refractivity contribution in [1.82, 2.24) is 15.3 Å².